The molecule has 4 rings (SSSR count). The second-order valence-corrected chi connectivity index (χ2v) is 6.94. The minimum atomic E-state index is -0.0285. The molecule has 0 radical (unpaired) electrons. The second kappa shape index (κ2) is 6.10. The number of piperidine rings is 1. The number of nitrogens with zero attached hydrogens (tertiary/aromatic N) is 1. The third-order valence-corrected chi connectivity index (χ3v) is 5.51. The fraction of sp³-hybridized carbons (Fsp3) is 0.429. The average molecular weight is 307 g/mol. The monoisotopic (exact) mass is 307 g/mol. The molecule has 0 bridgehead atoms. The van der Waals surface area contributed by atoms with Gasteiger partial charge in [-0.2, -0.15) is 0 Å². The van der Waals surface area contributed by atoms with E-state index in [0.717, 1.165) is 13.2 Å². The zero-order chi connectivity index (χ0) is 15.7. The van der Waals surface area contributed by atoms with Crippen molar-refractivity contribution in [3.05, 3.63) is 59.7 Å². The molecule has 0 spiro atoms. The van der Waals surface area contributed by atoms with Gasteiger partial charge in [0.15, 0.2) is 0 Å². The molecule has 2 aromatic rings. The summed E-state index contributed by atoms with van der Waals surface area (Å²) in [4.78, 5) is 2.64. The molecule has 1 heterocycles. The quantitative estimate of drug-likeness (QED) is 0.843. The van der Waals surface area contributed by atoms with E-state index in [-0.39, 0.29) is 5.41 Å². The Hall–Kier alpha value is -1.64. The molecule has 0 amide bonds. The van der Waals surface area contributed by atoms with Crippen molar-refractivity contribution in [1.29, 1.82) is 0 Å². The van der Waals surface area contributed by atoms with Crippen LogP contribution in [-0.2, 0) is 10.2 Å². The van der Waals surface area contributed by atoms with E-state index in [0.29, 0.717) is 0 Å². The SMILES string of the molecule is COCC1(CN2CCCCC2)c2ccccc2-c2ccccc21. The molecule has 2 heteroatoms. The van der Waals surface area contributed by atoms with Crippen molar-refractivity contribution in [2.24, 2.45) is 0 Å². The first-order valence-corrected chi connectivity index (χ1v) is 8.76. The maximum Gasteiger partial charge on any atom is 0.0612 e. The maximum absolute atomic E-state index is 5.76. The normalized spacial score (nSPS) is 19.3. The molecule has 0 aromatic heterocycles. The van der Waals surface area contributed by atoms with Gasteiger partial charge in [-0.05, 0) is 48.2 Å². The van der Waals surface area contributed by atoms with Gasteiger partial charge >= 0.3 is 0 Å². The van der Waals surface area contributed by atoms with Gasteiger partial charge in [0.05, 0.1) is 12.0 Å². The number of likely N-dealkylation sites (tertiary alicyclic amines) is 1. The highest BCUT2D eigenvalue weighted by atomic mass is 16.5. The van der Waals surface area contributed by atoms with Crippen LogP contribution in [0.5, 0.6) is 0 Å². The molecule has 0 saturated carbocycles. The highest BCUT2D eigenvalue weighted by Gasteiger charge is 2.44. The third-order valence-electron chi connectivity index (χ3n) is 5.51. The number of hydrogen-bond acceptors (Lipinski definition) is 2. The maximum atomic E-state index is 5.76. The molecule has 1 fully saturated rings. The Bertz CT molecular complexity index is 642. The Morgan fingerprint density at radius 3 is 2.00 bits per heavy atom. The Kier molecular flexibility index (Phi) is 3.96. The first-order chi connectivity index (χ1) is 11.3. The van der Waals surface area contributed by atoms with E-state index in [1.165, 1.54) is 54.6 Å². The number of fused-ring (bicyclic) bond motifs is 3. The van der Waals surface area contributed by atoms with Crippen molar-refractivity contribution in [1.82, 2.24) is 4.90 Å². The average Bonchev–Trinajstić information content (AvgIpc) is 2.88. The predicted octanol–water partition coefficient (Wildman–Crippen LogP) is 4.09. The van der Waals surface area contributed by atoms with Crippen molar-refractivity contribution < 1.29 is 4.74 Å². The summed E-state index contributed by atoms with van der Waals surface area (Å²) in [5.74, 6) is 0. The summed E-state index contributed by atoms with van der Waals surface area (Å²) < 4.78 is 5.76. The van der Waals surface area contributed by atoms with Crippen molar-refractivity contribution >= 4 is 0 Å². The van der Waals surface area contributed by atoms with Crippen LogP contribution in [-0.4, -0.2) is 38.3 Å². The van der Waals surface area contributed by atoms with Gasteiger partial charge in [0, 0.05) is 13.7 Å². The van der Waals surface area contributed by atoms with Crippen LogP contribution in [0.25, 0.3) is 11.1 Å². The van der Waals surface area contributed by atoms with Crippen LogP contribution in [0.3, 0.4) is 0 Å². The Labute approximate surface area is 139 Å². The molecular formula is C21H25NO. The molecule has 120 valence electrons. The van der Waals surface area contributed by atoms with Crippen LogP contribution in [0.1, 0.15) is 30.4 Å². The van der Waals surface area contributed by atoms with Gasteiger partial charge in [-0.25, -0.2) is 0 Å². The van der Waals surface area contributed by atoms with E-state index in [1.54, 1.807) is 0 Å². The molecular weight excluding hydrogens is 282 g/mol. The fourth-order valence-corrected chi connectivity index (χ4v) is 4.53. The summed E-state index contributed by atoms with van der Waals surface area (Å²) in [5, 5.41) is 0. The van der Waals surface area contributed by atoms with Crippen LogP contribution in [0.15, 0.2) is 48.5 Å². The summed E-state index contributed by atoms with van der Waals surface area (Å²) in [7, 11) is 1.83. The van der Waals surface area contributed by atoms with Crippen LogP contribution in [0.2, 0.25) is 0 Å². The summed E-state index contributed by atoms with van der Waals surface area (Å²) in [6.45, 7) is 4.25. The molecule has 0 atom stereocenters. The van der Waals surface area contributed by atoms with Gasteiger partial charge < -0.3 is 9.64 Å². The summed E-state index contributed by atoms with van der Waals surface area (Å²) in [6, 6.07) is 17.8. The Morgan fingerprint density at radius 2 is 1.43 bits per heavy atom. The topological polar surface area (TPSA) is 12.5 Å². The lowest BCUT2D eigenvalue weighted by atomic mass is 9.78. The Morgan fingerprint density at radius 1 is 0.870 bits per heavy atom. The number of rotatable bonds is 4. The van der Waals surface area contributed by atoms with E-state index >= 15 is 0 Å². The lowest BCUT2D eigenvalue weighted by molar-refractivity contribution is 0.109. The van der Waals surface area contributed by atoms with Crippen LogP contribution >= 0.6 is 0 Å². The van der Waals surface area contributed by atoms with Gasteiger partial charge in [0.1, 0.15) is 0 Å². The third kappa shape index (κ3) is 2.41. The summed E-state index contributed by atoms with van der Waals surface area (Å²) in [5.41, 5.74) is 5.62. The molecule has 0 unspecified atom stereocenters. The summed E-state index contributed by atoms with van der Waals surface area (Å²) in [6.07, 6.45) is 4.03. The molecule has 23 heavy (non-hydrogen) atoms. The lowest BCUT2D eigenvalue weighted by Gasteiger charge is -2.38. The minimum Gasteiger partial charge on any atom is -0.383 e. The molecule has 2 aliphatic rings. The number of benzene rings is 2. The number of hydrogen-bond donors (Lipinski definition) is 0. The van der Waals surface area contributed by atoms with E-state index < -0.39 is 0 Å². The van der Waals surface area contributed by atoms with E-state index in [1.807, 2.05) is 7.11 Å². The largest absolute Gasteiger partial charge is 0.383 e. The predicted molar refractivity (Wildman–Crippen MR) is 94.8 cm³/mol. The first-order valence-electron chi connectivity index (χ1n) is 8.76. The first kappa shape index (κ1) is 14.9. The van der Waals surface area contributed by atoms with Crippen LogP contribution in [0.4, 0.5) is 0 Å². The van der Waals surface area contributed by atoms with E-state index in [4.69, 9.17) is 4.74 Å². The number of methoxy groups -OCH3 is 1. The highest BCUT2D eigenvalue weighted by Crippen LogP contribution is 2.49. The standard InChI is InChI=1S/C21H25NO/c1-23-16-21(15-22-13-7-2-8-14-22)19-11-5-3-9-17(19)18-10-4-6-12-20(18)21/h3-6,9-12H,2,7-8,13-16H2,1H3. The zero-order valence-corrected chi connectivity index (χ0v) is 13.9. The van der Waals surface area contributed by atoms with Crippen LogP contribution < -0.4 is 0 Å². The molecule has 1 saturated heterocycles. The smallest absolute Gasteiger partial charge is 0.0612 e. The van der Waals surface area contributed by atoms with E-state index in [9.17, 15) is 0 Å². The van der Waals surface area contributed by atoms with Gasteiger partial charge in [0.2, 0.25) is 0 Å². The summed E-state index contributed by atoms with van der Waals surface area (Å²) >= 11 is 0. The molecule has 1 aliphatic carbocycles. The van der Waals surface area contributed by atoms with Gasteiger partial charge in [-0.1, -0.05) is 55.0 Å². The van der Waals surface area contributed by atoms with Crippen molar-refractivity contribution in [3.8, 4) is 11.1 Å². The highest BCUT2D eigenvalue weighted by molar-refractivity contribution is 5.81. The fourth-order valence-electron chi connectivity index (χ4n) is 4.53. The van der Waals surface area contributed by atoms with Gasteiger partial charge in [-0.3, -0.25) is 0 Å². The van der Waals surface area contributed by atoms with Crippen molar-refractivity contribution in [2.45, 2.75) is 24.7 Å². The van der Waals surface area contributed by atoms with Crippen molar-refractivity contribution in [2.75, 3.05) is 33.4 Å². The Balaban J connectivity index is 1.83. The van der Waals surface area contributed by atoms with Crippen molar-refractivity contribution in [3.63, 3.8) is 0 Å². The molecule has 0 N–H and O–H groups in total. The number of ether oxygens (including phenoxy) is 1. The second-order valence-electron chi connectivity index (χ2n) is 6.94. The molecule has 2 aromatic carbocycles. The van der Waals surface area contributed by atoms with Gasteiger partial charge in [-0.15, -0.1) is 0 Å². The van der Waals surface area contributed by atoms with E-state index in [2.05, 4.69) is 53.4 Å². The van der Waals surface area contributed by atoms with Gasteiger partial charge in [0.25, 0.3) is 0 Å². The molecule has 2 nitrogen and oxygen atoms in total. The lowest BCUT2D eigenvalue weighted by Crippen LogP contribution is -2.45. The zero-order valence-electron chi connectivity index (χ0n) is 13.9. The molecule has 1 aliphatic heterocycles. The van der Waals surface area contributed by atoms with Crippen LogP contribution in [0, 0.1) is 0 Å². The minimum absolute atomic E-state index is 0.0285.